The fourth-order valence-corrected chi connectivity index (χ4v) is 7.84. The molecule has 0 spiro atoms. The zero-order chi connectivity index (χ0) is 15.6. The molecule has 2 aliphatic rings. The van der Waals surface area contributed by atoms with Gasteiger partial charge < -0.3 is 5.11 Å². The molecule has 0 atom stereocenters. The van der Waals surface area contributed by atoms with Crippen molar-refractivity contribution in [2.75, 3.05) is 6.61 Å². The van der Waals surface area contributed by atoms with Crippen LogP contribution in [0.5, 0.6) is 0 Å². The van der Waals surface area contributed by atoms with Gasteiger partial charge in [0, 0.05) is 6.61 Å². The molecule has 2 saturated carbocycles. The van der Waals surface area contributed by atoms with Crippen molar-refractivity contribution in [1.82, 2.24) is 0 Å². The van der Waals surface area contributed by atoms with E-state index in [0.29, 0.717) is 0 Å². The fraction of sp³-hybridized carbons (Fsp3) is 0.700. The second-order valence-corrected chi connectivity index (χ2v) is 9.43. The van der Waals surface area contributed by atoms with Gasteiger partial charge in [-0.15, -0.1) is 0 Å². The maximum atomic E-state index is 7.57. The van der Waals surface area contributed by atoms with Crippen LogP contribution in [-0.4, -0.2) is 23.0 Å². The van der Waals surface area contributed by atoms with Crippen LogP contribution in [0.25, 0.3) is 0 Å². The first kappa shape index (κ1) is 18.0. The zero-order valence-electron chi connectivity index (χ0n) is 14.2. The molecule has 0 radical (unpaired) electrons. The lowest BCUT2D eigenvalue weighted by Gasteiger charge is -2.38. The van der Waals surface area contributed by atoms with Crippen LogP contribution < -0.4 is 5.30 Å². The molecule has 0 unspecified atom stereocenters. The van der Waals surface area contributed by atoms with Crippen molar-refractivity contribution in [3.8, 4) is 0 Å². The highest BCUT2D eigenvalue weighted by Gasteiger charge is 2.31. The highest BCUT2D eigenvalue weighted by atomic mass is 31.1. The first-order chi connectivity index (χ1) is 10.9. The molecule has 2 fully saturated rings. The average Bonchev–Trinajstić information content (AvgIpc) is 2.59. The summed E-state index contributed by atoms with van der Waals surface area (Å²) in [6.45, 7) is 1.93. The molecule has 2 heteroatoms. The van der Waals surface area contributed by atoms with Crippen LogP contribution in [0.1, 0.15) is 71.1 Å². The lowest BCUT2D eigenvalue weighted by atomic mass is 9.99. The van der Waals surface area contributed by atoms with Gasteiger partial charge in [0.25, 0.3) is 0 Å². The first-order valence-electron chi connectivity index (χ1n) is 9.31. The molecule has 2 aliphatic carbocycles. The normalized spacial score (nSPS) is 20.5. The van der Waals surface area contributed by atoms with E-state index in [1.165, 1.54) is 64.2 Å². The minimum Gasteiger partial charge on any atom is -0.397 e. The largest absolute Gasteiger partial charge is 0.397 e. The minimum absolute atomic E-state index is 0.108. The lowest BCUT2D eigenvalue weighted by molar-refractivity contribution is 0.318. The van der Waals surface area contributed by atoms with Gasteiger partial charge in [-0.25, -0.2) is 0 Å². The zero-order valence-corrected chi connectivity index (χ0v) is 15.1. The van der Waals surface area contributed by atoms with Gasteiger partial charge in [-0.1, -0.05) is 76.8 Å². The smallest absolute Gasteiger partial charge is 0.0402 e. The maximum absolute atomic E-state index is 7.57. The van der Waals surface area contributed by atoms with E-state index in [4.69, 9.17) is 5.11 Å². The quantitative estimate of drug-likeness (QED) is 0.733. The number of hydrogen-bond acceptors (Lipinski definition) is 1. The summed E-state index contributed by atoms with van der Waals surface area (Å²) in [6, 6.07) is 11.6. The standard InChI is InChI=1S/C18H27P.C2H6O/c1-4-10-16(11-5-1)19(17-12-6-2-7-13-17)18-14-8-3-9-15-18;1-2-3/h1,4-5,10-11,17-18H,2-3,6-9,12-15H2;3H,2H2,1H3. The Balaban J connectivity index is 0.000000545. The summed E-state index contributed by atoms with van der Waals surface area (Å²) < 4.78 is 0. The molecule has 0 bridgehead atoms. The molecule has 0 saturated heterocycles. The maximum Gasteiger partial charge on any atom is 0.0402 e. The van der Waals surface area contributed by atoms with Crippen molar-refractivity contribution in [3.05, 3.63) is 30.3 Å². The van der Waals surface area contributed by atoms with Crippen LogP contribution in [0.3, 0.4) is 0 Å². The van der Waals surface area contributed by atoms with Crippen molar-refractivity contribution >= 4 is 13.2 Å². The van der Waals surface area contributed by atoms with Gasteiger partial charge in [0.05, 0.1) is 0 Å². The molecule has 0 heterocycles. The Morgan fingerprint density at radius 3 is 1.64 bits per heavy atom. The molecule has 1 nitrogen and oxygen atoms in total. The van der Waals surface area contributed by atoms with Crippen LogP contribution in [-0.2, 0) is 0 Å². The van der Waals surface area contributed by atoms with Gasteiger partial charge in [0.2, 0.25) is 0 Å². The molecule has 22 heavy (non-hydrogen) atoms. The fourth-order valence-electron chi connectivity index (χ4n) is 4.04. The Bertz CT molecular complexity index is 362. The third kappa shape index (κ3) is 5.36. The van der Waals surface area contributed by atoms with E-state index >= 15 is 0 Å². The van der Waals surface area contributed by atoms with Crippen molar-refractivity contribution < 1.29 is 5.11 Å². The predicted molar refractivity (Wildman–Crippen MR) is 99.5 cm³/mol. The van der Waals surface area contributed by atoms with E-state index in [1.807, 2.05) is 0 Å². The number of aliphatic hydroxyl groups is 1. The average molecular weight is 320 g/mol. The van der Waals surface area contributed by atoms with E-state index in [9.17, 15) is 0 Å². The van der Waals surface area contributed by atoms with Crippen molar-refractivity contribution in [1.29, 1.82) is 0 Å². The molecule has 0 amide bonds. The Morgan fingerprint density at radius 2 is 1.23 bits per heavy atom. The minimum atomic E-state index is 0.108. The molecule has 1 aromatic rings. The van der Waals surface area contributed by atoms with E-state index in [2.05, 4.69) is 30.3 Å². The molecule has 1 N–H and O–H groups in total. The molecule has 3 rings (SSSR count). The van der Waals surface area contributed by atoms with E-state index in [0.717, 1.165) is 11.3 Å². The second kappa shape index (κ2) is 10.4. The Hall–Kier alpha value is -0.390. The summed E-state index contributed by atoms with van der Waals surface area (Å²) in [5.74, 6) is 0. The molecule has 0 aromatic heterocycles. The highest BCUT2D eigenvalue weighted by molar-refractivity contribution is 7.67. The van der Waals surface area contributed by atoms with Crippen molar-refractivity contribution in [2.24, 2.45) is 0 Å². The van der Waals surface area contributed by atoms with Crippen molar-refractivity contribution in [2.45, 2.75) is 82.4 Å². The lowest BCUT2D eigenvalue weighted by Crippen LogP contribution is -2.26. The molecule has 1 aromatic carbocycles. The third-order valence-corrected chi connectivity index (χ3v) is 8.49. The van der Waals surface area contributed by atoms with Crippen LogP contribution in [0.15, 0.2) is 30.3 Å². The van der Waals surface area contributed by atoms with Gasteiger partial charge in [0.15, 0.2) is 0 Å². The van der Waals surface area contributed by atoms with Crippen LogP contribution in [0, 0.1) is 0 Å². The molecule has 124 valence electrons. The van der Waals surface area contributed by atoms with Gasteiger partial charge >= 0.3 is 0 Å². The topological polar surface area (TPSA) is 20.2 Å². The van der Waals surface area contributed by atoms with Gasteiger partial charge in [0.1, 0.15) is 0 Å². The summed E-state index contributed by atoms with van der Waals surface area (Å²) in [5.41, 5.74) is 2.07. The van der Waals surface area contributed by atoms with Crippen LogP contribution >= 0.6 is 7.92 Å². The van der Waals surface area contributed by atoms with E-state index in [-0.39, 0.29) is 14.5 Å². The summed E-state index contributed by atoms with van der Waals surface area (Å²) in [4.78, 5) is 0. The Labute approximate surface area is 138 Å². The van der Waals surface area contributed by atoms with Gasteiger partial charge in [-0.05, 0) is 49.2 Å². The number of rotatable bonds is 3. The summed E-state index contributed by atoms with van der Waals surface area (Å²) in [6.07, 6.45) is 15.0. The highest BCUT2D eigenvalue weighted by Crippen LogP contribution is 2.54. The third-order valence-electron chi connectivity index (χ3n) is 4.99. The number of benzene rings is 1. The first-order valence-corrected chi connectivity index (χ1v) is 10.8. The molecular weight excluding hydrogens is 287 g/mol. The summed E-state index contributed by atoms with van der Waals surface area (Å²) in [7, 11) is 0.108. The van der Waals surface area contributed by atoms with E-state index in [1.54, 1.807) is 12.2 Å². The summed E-state index contributed by atoms with van der Waals surface area (Å²) in [5, 5.41) is 9.27. The number of aliphatic hydroxyl groups excluding tert-OH is 1. The molecular formula is C20H33OP. The Morgan fingerprint density at radius 1 is 0.818 bits per heavy atom. The summed E-state index contributed by atoms with van der Waals surface area (Å²) >= 11 is 0. The van der Waals surface area contributed by atoms with Crippen LogP contribution in [0.2, 0.25) is 0 Å². The van der Waals surface area contributed by atoms with E-state index < -0.39 is 0 Å². The van der Waals surface area contributed by atoms with Gasteiger partial charge in [-0.3, -0.25) is 0 Å². The number of hydrogen-bond donors (Lipinski definition) is 1. The monoisotopic (exact) mass is 320 g/mol. The van der Waals surface area contributed by atoms with Crippen molar-refractivity contribution in [3.63, 3.8) is 0 Å². The SMILES string of the molecule is CCO.c1ccc(P(C2CCCCC2)C2CCCCC2)cc1. The predicted octanol–water partition coefficient (Wildman–Crippen LogP) is 5.46. The van der Waals surface area contributed by atoms with Gasteiger partial charge in [-0.2, -0.15) is 0 Å². The van der Waals surface area contributed by atoms with Crippen LogP contribution in [0.4, 0.5) is 0 Å². The Kier molecular flexibility index (Phi) is 8.49. The second-order valence-electron chi connectivity index (χ2n) is 6.64. The molecule has 0 aliphatic heterocycles.